The van der Waals surface area contributed by atoms with Gasteiger partial charge in [0.15, 0.2) is 17.3 Å². The van der Waals surface area contributed by atoms with E-state index in [1.807, 2.05) is 49.4 Å². The van der Waals surface area contributed by atoms with Crippen molar-refractivity contribution in [2.75, 3.05) is 13.7 Å². The Morgan fingerprint density at radius 2 is 1.91 bits per heavy atom. The summed E-state index contributed by atoms with van der Waals surface area (Å²) in [6, 6.07) is 20.7. The average molecular weight is 570 g/mol. The molecule has 1 amide bonds. The van der Waals surface area contributed by atoms with Gasteiger partial charge in [0.1, 0.15) is 17.9 Å². The van der Waals surface area contributed by atoms with Crippen LogP contribution in [0.15, 0.2) is 76.2 Å². The molecule has 1 N–H and O–H groups in total. The van der Waals surface area contributed by atoms with Gasteiger partial charge in [0.25, 0.3) is 0 Å². The standard InChI is InChI=1S/C26H23IN2O5/c1-3-32-20-9-10-22-19(13-20)14-24(34-22)26(30)29-28-15-18-11-21(27)25(23(12-18)31-2)33-16-17-7-5-4-6-8-17/h4-15H,3,16H2,1-2H3,(H,29,30)/b28-15+. The number of carbonyl (C=O) groups is 1. The van der Waals surface area contributed by atoms with Gasteiger partial charge in [-0.2, -0.15) is 5.10 Å². The van der Waals surface area contributed by atoms with Gasteiger partial charge >= 0.3 is 5.91 Å². The zero-order valence-electron chi connectivity index (χ0n) is 18.7. The van der Waals surface area contributed by atoms with Crippen LogP contribution in [0.4, 0.5) is 0 Å². The summed E-state index contributed by atoms with van der Waals surface area (Å²) in [6.07, 6.45) is 1.54. The van der Waals surface area contributed by atoms with Crippen LogP contribution in [-0.4, -0.2) is 25.8 Å². The van der Waals surface area contributed by atoms with Gasteiger partial charge in [-0.1, -0.05) is 30.3 Å². The largest absolute Gasteiger partial charge is 0.494 e. The number of amides is 1. The first-order valence-electron chi connectivity index (χ1n) is 10.6. The van der Waals surface area contributed by atoms with Gasteiger partial charge in [-0.05, 0) is 77.0 Å². The van der Waals surface area contributed by atoms with E-state index in [2.05, 4.69) is 33.1 Å². The molecule has 0 saturated heterocycles. The van der Waals surface area contributed by atoms with E-state index >= 15 is 0 Å². The monoisotopic (exact) mass is 570 g/mol. The van der Waals surface area contributed by atoms with Crippen molar-refractivity contribution >= 4 is 45.7 Å². The summed E-state index contributed by atoms with van der Waals surface area (Å²) >= 11 is 2.19. The second-order valence-electron chi connectivity index (χ2n) is 7.25. The molecule has 0 atom stereocenters. The summed E-state index contributed by atoms with van der Waals surface area (Å²) in [5, 5.41) is 4.85. The van der Waals surface area contributed by atoms with Gasteiger partial charge in [0.2, 0.25) is 0 Å². The molecule has 3 aromatic carbocycles. The molecule has 0 saturated carbocycles. The molecular formula is C26H23IN2O5. The summed E-state index contributed by atoms with van der Waals surface area (Å²) in [4.78, 5) is 12.5. The van der Waals surface area contributed by atoms with Crippen molar-refractivity contribution in [3.63, 3.8) is 0 Å². The van der Waals surface area contributed by atoms with E-state index in [1.165, 1.54) is 0 Å². The molecule has 0 aliphatic heterocycles. The summed E-state index contributed by atoms with van der Waals surface area (Å²) in [7, 11) is 1.59. The number of fused-ring (bicyclic) bond motifs is 1. The highest BCUT2D eigenvalue weighted by molar-refractivity contribution is 14.1. The number of benzene rings is 3. The van der Waals surface area contributed by atoms with Crippen LogP contribution in [0.5, 0.6) is 17.2 Å². The highest BCUT2D eigenvalue weighted by atomic mass is 127. The highest BCUT2D eigenvalue weighted by Crippen LogP contribution is 2.34. The minimum atomic E-state index is -0.449. The number of furan rings is 1. The molecule has 0 fully saturated rings. The normalized spacial score (nSPS) is 11.0. The molecule has 1 heterocycles. The van der Waals surface area contributed by atoms with Crippen LogP contribution < -0.4 is 19.6 Å². The predicted octanol–water partition coefficient (Wildman–Crippen LogP) is 5.79. The first kappa shape index (κ1) is 23.6. The molecule has 0 unspecified atom stereocenters. The Morgan fingerprint density at radius 3 is 2.68 bits per heavy atom. The number of nitrogens with one attached hydrogen (secondary N) is 1. The molecule has 4 rings (SSSR count). The SMILES string of the molecule is CCOc1ccc2oc(C(=O)N/N=C/c3cc(I)c(OCc4ccccc4)c(OC)c3)cc2c1. The second-order valence-corrected chi connectivity index (χ2v) is 8.41. The van der Waals surface area contributed by atoms with E-state index in [4.69, 9.17) is 18.6 Å². The van der Waals surface area contributed by atoms with Crippen molar-refractivity contribution in [2.45, 2.75) is 13.5 Å². The number of hydrogen-bond acceptors (Lipinski definition) is 6. The third kappa shape index (κ3) is 5.69. The van der Waals surface area contributed by atoms with Crippen molar-refractivity contribution in [3.8, 4) is 17.2 Å². The minimum Gasteiger partial charge on any atom is -0.494 e. The number of hydrogen-bond donors (Lipinski definition) is 1. The molecule has 34 heavy (non-hydrogen) atoms. The fraction of sp³-hybridized carbons (Fsp3) is 0.154. The lowest BCUT2D eigenvalue weighted by Gasteiger charge is -2.13. The summed E-state index contributed by atoms with van der Waals surface area (Å²) < 4.78 is 23.5. The van der Waals surface area contributed by atoms with Crippen LogP contribution in [0, 0.1) is 3.57 Å². The maximum atomic E-state index is 12.5. The summed E-state index contributed by atoms with van der Waals surface area (Å²) in [6.45, 7) is 2.91. The number of nitrogens with zero attached hydrogens (tertiary/aromatic N) is 1. The number of halogens is 1. The first-order valence-corrected chi connectivity index (χ1v) is 11.7. The van der Waals surface area contributed by atoms with Gasteiger partial charge in [-0.3, -0.25) is 4.79 Å². The molecule has 0 aliphatic carbocycles. The number of rotatable bonds is 9. The first-order chi connectivity index (χ1) is 16.6. The van der Waals surface area contributed by atoms with E-state index in [1.54, 1.807) is 37.6 Å². The van der Waals surface area contributed by atoms with Crippen LogP contribution in [0.25, 0.3) is 11.0 Å². The van der Waals surface area contributed by atoms with Crippen molar-refractivity contribution in [1.82, 2.24) is 5.43 Å². The maximum Gasteiger partial charge on any atom is 0.307 e. The molecule has 8 heteroatoms. The Morgan fingerprint density at radius 1 is 1.09 bits per heavy atom. The topological polar surface area (TPSA) is 82.3 Å². The molecule has 0 aliphatic rings. The molecule has 0 spiro atoms. The minimum absolute atomic E-state index is 0.164. The molecule has 174 valence electrons. The van der Waals surface area contributed by atoms with Crippen LogP contribution in [-0.2, 0) is 6.61 Å². The lowest BCUT2D eigenvalue weighted by atomic mass is 10.2. The molecule has 4 aromatic rings. The average Bonchev–Trinajstić information content (AvgIpc) is 3.27. The summed E-state index contributed by atoms with van der Waals surface area (Å²) in [5.74, 6) is 1.67. The fourth-order valence-electron chi connectivity index (χ4n) is 3.29. The van der Waals surface area contributed by atoms with Gasteiger partial charge in [-0.25, -0.2) is 5.43 Å². The van der Waals surface area contributed by atoms with Crippen molar-refractivity contribution in [3.05, 3.63) is 87.2 Å². The van der Waals surface area contributed by atoms with Crippen LogP contribution in [0.3, 0.4) is 0 Å². The van der Waals surface area contributed by atoms with Crippen molar-refractivity contribution in [2.24, 2.45) is 5.10 Å². The Bertz CT molecular complexity index is 1320. The van der Waals surface area contributed by atoms with Crippen LogP contribution in [0.1, 0.15) is 28.6 Å². The van der Waals surface area contributed by atoms with Crippen LogP contribution in [0.2, 0.25) is 0 Å². The van der Waals surface area contributed by atoms with Gasteiger partial charge in [0.05, 0.1) is 23.5 Å². The zero-order valence-corrected chi connectivity index (χ0v) is 20.9. The van der Waals surface area contributed by atoms with Crippen molar-refractivity contribution in [1.29, 1.82) is 0 Å². The van der Waals surface area contributed by atoms with E-state index in [-0.39, 0.29) is 5.76 Å². The maximum absolute atomic E-state index is 12.5. The van der Waals surface area contributed by atoms with Crippen LogP contribution >= 0.6 is 22.6 Å². The van der Waals surface area contributed by atoms with E-state index in [0.717, 1.165) is 25.8 Å². The third-order valence-electron chi connectivity index (χ3n) is 4.88. The lowest BCUT2D eigenvalue weighted by molar-refractivity contribution is 0.0929. The smallest absolute Gasteiger partial charge is 0.307 e. The van der Waals surface area contributed by atoms with Gasteiger partial charge in [0, 0.05) is 5.39 Å². The van der Waals surface area contributed by atoms with Gasteiger partial charge in [-0.15, -0.1) is 0 Å². The molecule has 7 nitrogen and oxygen atoms in total. The number of carbonyl (C=O) groups excluding carboxylic acids is 1. The zero-order chi connectivity index (χ0) is 23.9. The second kappa shape index (κ2) is 11.1. The lowest BCUT2D eigenvalue weighted by Crippen LogP contribution is -2.16. The third-order valence-corrected chi connectivity index (χ3v) is 5.68. The number of hydrazone groups is 1. The Hall–Kier alpha value is -3.53. The molecule has 0 radical (unpaired) electrons. The van der Waals surface area contributed by atoms with E-state index in [0.29, 0.717) is 30.3 Å². The highest BCUT2D eigenvalue weighted by Gasteiger charge is 2.14. The molecule has 0 bridgehead atoms. The quantitative estimate of drug-likeness (QED) is 0.157. The number of ether oxygens (including phenoxy) is 3. The van der Waals surface area contributed by atoms with Gasteiger partial charge < -0.3 is 18.6 Å². The van der Waals surface area contributed by atoms with Crippen molar-refractivity contribution < 1.29 is 23.4 Å². The predicted molar refractivity (Wildman–Crippen MR) is 139 cm³/mol. The van der Waals surface area contributed by atoms with E-state index in [9.17, 15) is 4.79 Å². The Balaban J connectivity index is 1.43. The number of methoxy groups -OCH3 is 1. The Kier molecular flexibility index (Phi) is 7.69. The summed E-state index contributed by atoms with van der Waals surface area (Å²) in [5.41, 5.74) is 4.91. The fourth-order valence-corrected chi connectivity index (χ4v) is 4.08. The van der Waals surface area contributed by atoms with E-state index < -0.39 is 5.91 Å². The molecule has 1 aromatic heterocycles. The molecular weight excluding hydrogens is 547 g/mol. The Labute approximate surface area is 210 Å².